The Bertz CT molecular complexity index is 580. The summed E-state index contributed by atoms with van der Waals surface area (Å²) in [6, 6.07) is 7.39. The van der Waals surface area contributed by atoms with Gasteiger partial charge in [0.1, 0.15) is 5.82 Å². The van der Waals surface area contributed by atoms with Gasteiger partial charge in [-0.1, -0.05) is 39.8 Å². The highest BCUT2D eigenvalue weighted by Gasteiger charge is 2.11. The van der Waals surface area contributed by atoms with Crippen molar-refractivity contribution in [2.75, 3.05) is 5.75 Å². The maximum absolute atomic E-state index is 12.0. The average molecular weight is 340 g/mol. The van der Waals surface area contributed by atoms with Crippen LogP contribution in [0, 0.1) is 6.92 Å². The molecule has 0 saturated heterocycles. The molecule has 0 radical (unpaired) electrons. The third-order valence-corrected chi connectivity index (χ3v) is 4.21. The van der Waals surface area contributed by atoms with Crippen LogP contribution >= 0.6 is 27.7 Å². The Morgan fingerprint density at radius 1 is 1.32 bits per heavy atom. The molecule has 0 aliphatic rings. The second kappa shape index (κ2) is 6.34. The second-order valence-corrected chi connectivity index (χ2v) is 5.85. The minimum atomic E-state index is 0.0980. The summed E-state index contributed by atoms with van der Waals surface area (Å²) in [5, 5.41) is 8.90. The van der Waals surface area contributed by atoms with Crippen molar-refractivity contribution < 1.29 is 4.79 Å². The molecule has 4 nitrogen and oxygen atoms in total. The first kappa shape index (κ1) is 14.3. The molecule has 0 N–H and O–H groups in total. The molecule has 0 saturated carbocycles. The Balaban J connectivity index is 2.02. The van der Waals surface area contributed by atoms with Crippen LogP contribution in [0.15, 0.2) is 33.9 Å². The summed E-state index contributed by atoms with van der Waals surface area (Å²) in [7, 11) is 0. The molecule has 0 atom stereocenters. The number of hydrogen-bond acceptors (Lipinski definition) is 4. The van der Waals surface area contributed by atoms with Gasteiger partial charge >= 0.3 is 0 Å². The molecule has 0 unspecified atom stereocenters. The summed E-state index contributed by atoms with van der Waals surface area (Å²) in [4.78, 5) is 12.0. The molecule has 2 rings (SSSR count). The lowest BCUT2D eigenvalue weighted by atomic mass is 10.2. The Morgan fingerprint density at radius 2 is 2.00 bits per heavy atom. The number of aromatic nitrogens is 3. The maximum atomic E-state index is 12.0. The lowest BCUT2D eigenvalue weighted by Crippen LogP contribution is -2.05. The van der Waals surface area contributed by atoms with E-state index in [1.807, 2.05) is 42.7 Å². The van der Waals surface area contributed by atoms with Crippen molar-refractivity contribution in [1.82, 2.24) is 14.8 Å². The van der Waals surface area contributed by atoms with E-state index in [0.29, 0.717) is 5.75 Å². The molecule has 2 aromatic rings. The van der Waals surface area contributed by atoms with Crippen LogP contribution in [-0.4, -0.2) is 26.3 Å². The highest BCUT2D eigenvalue weighted by Crippen LogP contribution is 2.19. The number of hydrogen-bond donors (Lipinski definition) is 0. The van der Waals surface area contributed by atoms with Crippen LogP contribution in [0.3, 0.4) is 0 Å². The lowest BCUT2D eigenvalue weighted by Gasteiger charge is -2.04. The number of ketones is 1. The van der Waals surface area contributed by atoms with Gasteiger partial charge in [-0.3, -0.25) is 4.79 Å². The molecule has 0 fully saturated rings. The summed E-state index contributed by atoms with van der Waals surface area (Å²) in [5.74, 6) is 1.35. The first-order valence-electron chi connectivity index (χ1n) is 5.93. The number of nitrogens with zero attached hydrogens (tertiary/aromatic N) is 3. The lowest BCUT2D eigenvalue weighted by molar-refractivity contribution is 0.102. The summed E-state index contributed by atoms with van der Waals surface area (Å²) < 4.78 is 2.97. The van der Waals surface area contributed by atoms with Crippen LogP contribution in [0.2, 0.25) is 0 Å². The molecule has 19 heavy (non-hydrogen) atoms. The maximum Gasteiger partial charge on any atom is 0.191 e. The third-order valence-electron chi connectivity index (χ3n) is 2.72. The van der Waals surface area contributed by atoms with Crippen LogP contribution in [0.1, 0.15) is 23.1 Å². The highest BCUT2D eigenvalue weighted by molar-refractivity contribution is 9.10. The molecule has 0 aliphatic carbocycles. The topological polar surface area (TPSA) is 47.8 Å². The van der Waals surface area contributed by atoms with Crippen molar-refractivity contribution in [3.8, 4) is 0 Å². The Kier molecular flexibility index (Phi) is 4.76. The molecule has 0 spiro atoms. The fourth-order valence-electron chi connectivity index (χ4n) is 1.68. The van der Waals surface area contributed by atoms with Crippen molar-refractivity contribution in [2.24, 2.45) is 0 Å². The number of benzene rings is 1. The summed E-state index contributed by atoms with van der Waals surface area (Å²) in [6.45, 7) is 4.77. The van der Waals surface area contributed by atoms with Gasteiger partial charge in [0.2, 0.25) is 0 Å². The number of carbonyl (C=O) groups is 1. The predicted molar refractivity (Wildman–Crippen MR) is 79.6 cm³/mol. The molecular formula is C13H14BrN3OS. The standard InChI is InChI=1S/C13H14BrN3OS/c1-3-17-9(2)15-16-13(17)19-8-12(18)10-4-6-11(14)7-5-10/h4-7H,3,8H2,1-2H3. The molecule has 0 aliphatic heterocycles. The SMILES string of the molecule is CCn1c(C)nnc1SCC(=O)c1ccc(Br)cc1. The zero-order valence-electron chi connectivity index (χ0n) is 10.8. The number of Topliss-reactive ketones (excluding diaryl/α,β-unsaturated/α-hetero) is 1. The largest absolute Gasteiger partial charge is 0.307 e. The number of aryl methyl sites for hydroxylation is 1. The van der Waals surface area contributed by atoms with Gasteiger partial charge < -0.3 is 4.57 Å². The summed E-state index contributed by atoms with van der Waals surface area (Å²) >= 11 is 4.78. The van der Waals surface area contributed by atoms with Crippen LogP contribution in [-0.2, 0) is 6.54 Å². The predicted octanol–water partition coefficient (Wildman–Crippen LogP) is 3.34. The average Bonchev–Trinajstić information content (AvgIpc) is 2.77. The molecule has 1 aromatic carbocycles. The fourth-order valence-corrected chi connectivity index (χ4v) is 2.89. The summed E-state index contributed by atoms with van der Waals surface area (Å²) in [5.41, 5.74) is 0.718. The van der Waals surface area contributed by atoms with Crippen LogP contribution in [0.5, 0.6) is 0 Å². The number of rotatable bonds is 5. The van der Waals surface area contributed by atoms with E-state index in [9.17, 15) is 4.79 Å². The number of halogens is 1. The van der Waals surface area contributed by atoms with Gasteiger partial charge in [0.15, 0.2) is 10.9 Å². The smallest absolute Gasteiger partial charge is 0.191 e. The van der Waals surface area contributed by atoms with E-state index in [2.05, 4.69) is 26.1 Å². The van der Waals surface area contributed by atoms with Gasteiger partial charge in [0, 0.05) is 16.6 Å². The Hall–Kier alpha value is -1.14. The number of thioether (sulfide) groups is 1. The van der Waals surface area contributed by atoms with Crippen molar-refractivity contribution >= 4 is 33.5 Å². The summed E-state index contributed by atoms with van der Waals surface area (Å²) in [6.07, 6.45) is 0. The van der Waals surface area contributed by atoms with E-state index in [1.165, 1.54) is 11.8 Å². The molecule has 6 heteroatoms. The quantitative estimate of drug-likeness (QED) is 0.619. The third kappa shape index (κ3) is 3.45. The van der Waals surface area contributed by atoms with E-state index in [4.69, 9.17) is 0 Å². The van der Waals surface area contributed by atoms with Crippen LogP contribution < -0.4 is 0 Å². The monoisotopic (exact) mass is 339 g/mol. The molecule has 0 bridgehead atoms. The van der Waals surface area contributed by atoms with Gasteiger partial charge in [-0.25, -0.2) is 0 Å². The van der Waals surface area contributed by atoms with Crippen molar-refractivity contribution in [3.63, 3.8) is 0 Å². The second-order valence-electron chi connectivity index (χ2n) is 3.99. The van der Waals surface area contributed by atoms with Gasteiger partial charge in [-0.05, 0) is 26.0 Å². The highest BCUT2D eigenvalue weighted by atomic mass is 79.9. The first-order valence-corrected chi connectivity index (χ1v) is 7.71. The van der Waals surface area contributed by atoms with Crippen LogP contribution in [0.25, 0.3) is 0 Å². The van der Waals surface area contributed by atoms with Gasteiger partial charge in [0.05, 0.1) is 5.75 Å². The van der Waals surface area contributed by atoms with Gasteiger partial charge in [-0.15, -0.1) is 10.2 Å². The number of carbonyl (C=O) groups excluding carboxylic acids is 1. The minimum Gasteiger partial charge on any atom is -0.307 e. The van der Waals surface area contributed by atoms with E-state index in [1.54, 1.807) is 0 Å². The Labute approximate surface area is 124 Å². The van der Waals surface area contributed by atoms with Crippen molar-refractivity contribution in [2.45, 2.75) is 25.5 Å². The molecular weight excluding hydrogens is 326 g/mol. The molecule has 1 aromatic heterocycles. The molecule has 1 heterocycles. The zero-order valence-corrected chi connectivity index (χ0v) is 13.2. The van der Waals surface area contributed by atoms with Gasteiger partial charge in [-0.2, -0.15) is 0 Å². The first-order chi connectivity index (χ1) is 9.11. The van der Waals surface area contributed by atoms with E-state index >= 15 is 0 Å². The van der Waals surface area contributed by atoms with E-state index in [-0.39, 0.29) is 5.78 Å². The van der Waals surface area contributed by atoms with Crippen molar-refractivity contribution in [3.05, 3.63) is 40.1 Å². The van der Waals surface area contributed by atoms with Crippen LogP contribution in [0.4, 0.5) is 0 Å². The Morgan fingerprint density at radius 3 is 2.63 bits per heavy atom. The molecule has 0 amide bonds. The van der Waals surface area contributed by atoms with E-state index < -0.39 is 0 Å². The van der Waals surface area contributed by atoms with E-state index in [0.717, 1.165) is 27.6 Å². The normalized spacial score (nSPS) is 10.7. The molecule has 100 valence electrons. The fraction of sp³-hybridized carbons (Fsp3) is 0.308. The van der Waals surface area contributed by atoms with Crippen molar-refractivity contribution in [1.29, 1.82) is 0 Å². The minimum absolute atomic E-state index is 0.0980. The zero-order chi connectivity index (χ0) is 13.8. The van der Waals surface area contributed by atoms with Gasteiger partial charge in [0.25, 0.3) is 0 Å².